The summed E-state index contributed by atoms with van der Waals surface area (Å²) in [7, 11) is -2.21. The molecule has 0 bridgehead atoms. The Labute approximate surface area is 181 Å². The minimum Gasteiger partial charge on any atom is -0.496 e. The van der Waals surface area contributed by atoms with Crippen LogP contribution in [0.2, 0.25) is 0 Å². The summed E-state index contributed by atoms with van der Waals surface area (Å²) in [4.78, 5) is 12.6. The molecular weight excluding hydrogens is 419 g/mol. The smallest absolute Gasteiger partial charge is 0.251 e. The lowest BCUT2D eigenvalue weighted by Gasteiger charge is -2.24. The second-order valence-corrected chi connectivity index (χ2v) is 8.85. The summed E-state index contributed by atoms with van der Waals surface area (Å²) >= 11 is 0. The standard InChI is InChI=1S/C23H23FN2O4S/c1-30-22-13-8-18(23(27)25-15-17-6-4-3-5-7-17)14-19(22)16-26(31(2,28)29)21-11-9-20(24)10-12-21/h3-14H,15-16H2,1-2H3,(H,25,27). The number of carbonyl (C=O) groups is 1. The predicted molar refractivity (Wildman–Crippen MR) is 118 cm³/mol. The Hall–Kier alpha value is -3.39. The number of halogens is 1. The van der Waals surface area contributed by atoms with Crippen LogP contribution in [0.25, 0.3) is 0 Å². The zero-order valence-electron chi connectivity index (χ0n) is 17.2. The second kappa shape index (κ2) is 9.61. The summed E-state index contributed by atoms with van der Waals surface area (Å²) in [6.07, 6.45) is 1.07. The van der Waals surface area contributed by atoms with Crippen LogP contribution in [0.15, 0.2) is 72.8 Å². The van der Waals surface area contributed by atoms with Crippen LogP contribution in [0.3, 0.4) is 0 Å². The van der Waals surface area contributed by atoms with Gasteiger partial charge in [0.2, 0.25) is 10.0 Å². The SMILES string of the molecule is COc1ccc(C(=O)NCc2ccccc2)cc1CN(c1ccc(F)cc1)S(C)(=O)=O. The molecule has 0 heterocycles. The van der Waals surface area contributed by atoms with Gasteiger partial charge in [0.1, 0.15) is 11.6 Å². The van der Waals surface area contributed by atoms with E-state index in [1.807, 2.05) is 30.3 Å². The third kappa shape index (κ3) is 5.82. The van der Waals surface area contributed by atoms with Gasteiger partial charge in [0, 0.05) is 17.7 Å². The number of anilines is 1. The summed E-state index contributed by atoms with van der Waals surface area (Å²) in [6, 6.07) is 19.5. The van der Waals surface area contributed by atoms with Gasteiger partial charge in [-0.3, -0.25) is 9.10 Å². The lowest BCUT2D eigenvalue weighted by molar-refractivity contribution is 0.0950. The van der Waals surface area contributed by atoms with Gasteiger partial charge in [-0.05, 0) is 48.0 Å². The minimum atomic E-state index is -3.68. The van der Waals surface area contributed by atoms with Crippen LogP contribution in [0.4, 0.5) is 10.1 Å². The molecule has 0 aliphatic rings. The first-order valence-corrected chi connectivity index (χ1v) is 11.3. The van der Waals surface area contributed by atoms with Crippen LogP contribution >= 0.6 is 0 Å². The average molecular weight is 443 g/mol. The number of benzene rings is 3. The van der Waals surface area contributed by atoms with Crippen molar-refractivity contribution in [2.24, 2.45) is 0 Å². The molecule has 0 spiro atoms. The Balaban J connectivity index is 1.86. The van der Waals surface area contributed by atoms with E-state index in [4.69, 9.17) is 4.74 Å². The van der Waals surface area contributed by atoms with Gasteiger partial charge in [0.15, 0.2) is 0 Å². The molecular formula is C23H23FN2O4S. The van der Waals surface area contributed by atoms with E-state index in [1.54, 1.807) is 18.2 Å². The number of sulfonamides is 1. The molecule has 3 aromatic carbocycles. The third-order valence-corrected chi connectivity index (χ3v) is 5.81. The topological polar surface area (TPSA) is 75.7 Å². The van der Waals surface area contributed by atoms with Crippen LogP contribution in [0, 0.1) is 5.82 Å². The number of hydrogen-bond acceptors (Lipinski definition) is 4. The summed E-state index contributed by atoms with van der Waals surface area (Å²) in [6.45, 7) is 0.291. The zero-order valence-corrected chi connectivity index (χ0v) is 18.0. The fraction of sp³-hybridized carbons (Fsp3) is 0.174. The van der Waals surface area contributed by atoms with E-state index in [-0.39, 0.29) is 12.5 Å². The molecule has 0 saturated carbocycles. The van der Waals surface area contributed by atoms with Crippen molar-refractivity contribution >= 4 is 21.6 Å². The van der Waals surface area contributed by atoms with Gasteiger partial charge in [-0.25, -0.2) is 12.8 Å². The van der Waals surface area contributed by atoms with Gasteiger partial charge in [-0.1, -0.05) is 30.3 Å². The summed E-state index contributed by atoms with van der Waals surface area (Å²) in [5.41, 5.74) is 2.15. The summed E-state index contributed by atoms with van der Waals surface area (Å²) < 4.78 is 44.6. The molecule has 0 unspecified atom stereocenters. The maximum atomic E-state index is 13.3. The summed E-state index contributed by atoms with van der Waals surface area (Å²) in [5, 5.41) is 2.85. The molecule has 6 nitrogen and oxygen atoms in total. The lowest BCUT2D eigenvalue weighted by Crippen LogP contribution is -2.30. The highest BCUT2D eigenvalue weighted by molar-refractivity contribution is 7.92. The Morgan fingerprint density at radius 3 is 2.32 bits per heavy atom. The molecule has 0 fully saturated rings. The molecule has 3 rings (SSSR count). The van der Waals surface area contributed by atoms with Crippen molar-refractivity contribution in [1.82, 2.24) is 5.32 Å². The molecule has 0 aliphatic carbocycles. The maximum Gasteiger partial charge on any atom is 0.251 e. The molecule has 3 aromatic rings. The molecule has 0 radical (unpaired) electrons. The molecule has 1 amide bonds. The van der Waals surface area contributed by atoms with Crippen LogP contribution in [0.5, 0.6) is 5.75 Å². The second-order valence-electron chi connectivity index (χ2n) is 6.94. The fourth-order valence-corrected chi connectivity index (χ4v) is 3.96. The van der Waals surface area contributed by atoms with Crippen molar-refractivity contribution in [3.63, 3.8) is 0 Å². The first kappa shape index (κ1) is 22.3. The van der Waals surface area contributed by atoms with Gasteiger partial charge < -0.3 is 10.1 Å². The monoisotopic (exact) mass is 442 g/mol. The fourth-order valence-electron chi connectivity index (χ4n) is 3.09. The van der Waals surface area contributed by atoms with Gasteiger partial charge in [-0.2, -0.15) is 0 Å². The van der Waals surface area contributed by atoms with Gasteiger partial charge in [0.25, 0.3) is 5.91 Å². The summed E-state index contributed by atoms with van der Waals surface area (Å²) in [5.74, 6) is -0.317. The average Bonchev–Trinajstić information content (AvgIpc) is 2.76. The van der Waals surface area contributed by atoms with E-state index in [0.29, 0.717) is 29.1 Å². The first-order chi connectivity index (χ1) is 14.8. The predicted octanol–water partition coefficient (Wildman–Crippen LogP) is 3.73. The maximum absolute atomic E-state index is 13.3. The Kier molecular flexibility index (Phi) is 6.91. The number of nitrogens with zero attached hydrogens (tertiary/aromatic N) is 1. The number of carbonyl (C=O) groups excluding carboxylic acids is 1. The van der Waals surface area contributed by atoms with Crippen molar-refractivity contribution < 1.29 is 22.3 Å². The molecule has 31 heavy (non-hydrogen) atoms. The Morgan fingerprint density at radius 1 is 1.03 bits per heavy atom. The normalized spacial score (nSPS) is 11.1. The molecule has 0 saturated heterocycles. The largest absolute Gasteiger partial charge is 0.496 e. The van der Waals surface area contributed by atoms with Crippen LogP contribution in [0.1, 0.15) is 21.5 Å². The third-order valence-electron chi connectivity index (χ3n) is 4.67. The van der Waals surface area contributed by atoms with E-state index in [1.165, 1.54) is 31.4 Å². The van der Waals surface area contributed by atoms with Crippen LogP contribution < -0.4 is 14.4 Å². The van der Waals surface area contributed by atoms with Crippen LogP contribution in [-0.4, -0.2) is 27.7 Å². The highest BCUT2D eigenvalue weighted by atomic mass is 32.2. The van der Waals surface area contributed by atoms with Crippen molar-refractivity contribution in [2.45, 2.75) is 13.1 Å². The van der Waals surface area contributed by atoms with Crippen molar-refractivity contribution in [3.05, 3.63) is 95.3 Å². The number of ether oxygens (including phenoxy) is 1. The van der Waals surface area contributed by atoms with E-state index in [2.05, 4.69) is 5.32 Å². The highest BCUT2D eigenvalue weighted by Gasteiger charge is 2.21. The highest BCUT2D eigenvalue weighted by Crippen LogP contribution is 2.26. The number of hydrogen-bond donors (Lipinski definition) is 1. The number of amides is 1. The van der Waals surface area contributed by atoms with Gasteiger partial charge >= 0.3 is 0 Å². The molecule has 0 aliphatic heterocycles. The minimum absolute atomic E-state index is 0.0759. The first-order valence-electron chi connectivity index (χ1n) is 9.50. The number of nitrogens with one attached hydrogen (secondary N) is 1. The Morgan fingerprint density at radius 2 is 1.71 bits per heavy atom. The number of rotatable bonds is 8. The zero-order chi connectivity index (χ0) is 22.4. The quantitative estimate of drug-likeness (QED) is 0.577. The van der Waals surface area contributed by atoms with Gasteiger partial charge in [0.05, 0.1) is 25.6 Å². The molecule has 0 atom stereocenters. The van der Waals surface area contributed by atoms with E-state index in [9.17, 15) is 17.6 Å². The van der Waals surface area contributed by atoms with Crippen molar-refractivity contribution in [2.75, 3.05) is 17.7 Å². The molecule has 8 heteroatoms. The Bertz CT molecular complexity index is 1150. The van der Waals surface area contributed by atoms with E-state index < -0.39 is 15.8 Å². The molecule has 162 valence electrons. The van der Waals surface area contributed by atoms with Crippen molar-refractivity contribution in [1.29, 1.82) is 0 Å². The van der Waals surface area contributed by atoms with E-state index >= 15 is 0 Å². The van der Waals surface area contributed by atoms with Crippen LogP contribution in [-0.2, 0) is 23.1 Å². The molecule has 1 N–H and O–H groups in total. The van der Waals surface area contributed by atoms with Gasteiger partial charge in [-0.15, -0.1) is 0 Å². The molecule has 0 aromatic heterocycles. The lowest BCUT2D eigenvalue weighted by atomic mass is 10.1. The van der Waals surface area contributed by atoms with E-state index in [0.717, 1.165) is 16.1 Å². The number of methoxy groups -OCH3 is 1. The van der Waals surface area contributed by atoms with Crippen molar-refractivity contribution in [3.8, 4) is 5.75 Å².